The predicted molar refractivity (Wildman–Crippen MR) is 318 cm³/mol. The van der Waals surface area contributed by atoms with Gasteiger partial charge in [0.1, 0.15) is 82.1 Å². The number of methoxy groups -OCH3 is 1. The number of nitriles is 2. The first kappa shape index (κ1) is 57.7. The van der Waals surface area contributed by atoms with E-state index in [1.807, 2.05) is 129 Å². The number of anilines is 2. The van der Waals surface area contributed by atoms with E-state index in [4.69, 9.17) is 35.3 Å². The minimum atomic E-state index is -0.152. The normalized spacial score (nSPS) is 16.9. The van der Waals surface area contributed by atoms with Crippen molar-refractivity contribution in [3.05, 3.63) is 158 Å². The van der Waals surface area contributed by atoms with E-state index in [2.05, 4.69) is 44.0 Å². The molecule has 21 heteroatoms. The maximum Gasteiger partial charge on any atom is 0.246 e. The number of likely N-dealkylation sites (N-methyl/N-ethyl adjacent to an activating group) is 1. The molecule has 3 fully saturated rings. The van der Waals surface area contributed by atoms with Crippen LogP contribution in [-0.4, -0.2) is 154 Å². The molecule has 0 saturated carbocycles. The van der Waals surface area contributed by atoms with E-state index in [1.165, 1.54) is 12.7 Å². The molecule has 0 aliphatic carbocycles. The van der Waals surface area contributed by atoms with Gasteiger partial charge in [0.2, 0.25) is 11.8 Å². The zero-order valence-corrected chi connectivity index (χ0v) is 47.2. The van der Waals surface area contributed by atoms with Gasteiger partial charge < -0.3 is 54.2 Å². The second-order valence-electron chi connectivity index (χ2n) is 20.5. The lowest BCUT2D eigenvalue weighted by Crippen LogP contribution is -2.32. The second-order valence-corrected chi connectivity index (χ2v) is 20.5. The highest BCUT2D eigenvalue weighted by Gasteiger charge is 2.34. The SMILES string of the molecule is CN(C/C=C/C(=O)N1CC[C@@H](n2c(C#N)c(-c3ccc(Oc4ccccc4)cc3)c3c(N)ncnc32)C1)[C@H]1CCOC1.COCCN(C/C=C/C(=O)N1CC[C@@H](n2c(C#N)c(-c3ccc(Oc4ccccc4)cc3)c3c(N)ncnc32)C1)OC. The highest BCUT2D eigenvalue weighted by molar-refractivity contribution is 6.04. The average Bonchev–Trinajstić information content (AvgIpc) is 1.91. The van der Waals surface area contributed by atoms with Gasteiger partial charge in [-0.15, -0.1) is 0 Å². The Bertz CT molecular complexity index is 3720. The van der Waals surface area contributed by atoms with Crippen LogP contribution in [0.25, 0.3) is 44.3 Å². The van der Waals surface area contributed by atoms with E-state index in [-0.39, 0.29) is 23.9 Å². The molecule has 11 rings (SSSR count). The summed E-state index contributed by atoms with van der Waals surface area (Å²) in [4.78, 5) is 54.7. The molecule has 0 unspecified atom stereocenters. The van der Waals surface area contributed by atoms with Crippen molar-refractivity contribution in [3.8, 4) is 57.4 Å². The summed E-state index contributed by atoms with van der Waals surface area (Å²) in [6, 6.07) is 39.0. The number of rotatable bonds is 19. The van der Waals surface area contributed by atoms with Gasteiger partial charge in [0.05, 0.1) is 43.2 Å². The van der Waals surface area contributed by atoms with E-state index < -0.39 is 0 Å². The summed E-state index contributed by atoms with van der Waals surface area (Å²) in [6.07, 6.45) is 12.1. The van der Waals surface area contributed by atoms with Crippen LogP contribution in [0.3, 0.4) is 0 Å². The van der Waals surface area contributed by atoms with Crippen molar-refractivity contribution in [2.45, 2.75) is 37.4 Å². The van der Waals surface area contributed by atoms with Crippen molar-refractivity contribution in [2.75, 3.05) is 98.4 Å². The number of hydrogen-bond acceptors (Lipinski definition) is 17. The van der Waals surface area contributed by atoms with Crippen LogP contribution in [0.15, 0.2) is 146 Å². The van der Waals surface area contributed by atoms with Crippen LogP contribution < -0.4 is 20.9 Å². The lowest BCUT2D eigenvalue weighted by atomic mass is 10.0. The van der Waals surface area contributed by atoms with Crippen molar-refractivity contribution < 1.29 is 33.4 Å². The topological polar surface area (TPSA) is 254 Å². The first-order valence-electron chi connectivity index (χ1n) is 27.8. The molecular weight excluding hydrogens is 1060 g/mol. The second kappa shape index (κ2) is 27.1. The Morgan fingerprint density at radius 3 is 1.55 bits per heavy atom. The summed E-state index contributed by atoms with van der Waals surface area (Å²) in [7, 11) is 5.27. The number of nitrogens with two attached hydrogens (primary N) is 2. The standard InChI is InChI=1S/C32H33N7O3.C31H33N7O4/c1-37(24-14-17-41-20-24)15-5-8-28(40)38-16-13-23(19-38)39-27(18-33)29(30-31(34)35-21-36-32(30)39)22-9-11-26(12-10-22)42-25-6-3-2-4-7-25;1-40-18-17-37(41-2)15-6-9-27(39)36-16-14-23(20-36)38-26(19-32)28(29-30(33)34-21-35-31(29)38)22-10-12-25(13-11-22)42-24-7-4-3-5-8-24/h2-12,21,23-24H,13-17,19-20H2,1H3,(H2,34,35,36);3-13,21,23H,14-18,20H2,1-2H3,(H2,33,34,35)/b8-5+;9-6+/t23-,24+;23-/m11/s1. The van der Waals surface area contributed by atoms with E-state index in [0.717, 1.165) is 42.3 Å². The highest BCUT2D eigenvalue weighted by Crippen LogP contribution is 2.42. The summed E-state index contributed by atoms with van der Waals surface area (Å²) in [5.41, 5.74) is 17.7. The van der Waals surface area contributed by atoms with E-state index >= 15 is 0 Å². The van der Waals surface area contributed by atoms with Gasteiger partial charge in [-0.3, -0.25) is 14.5 Å². The molecular formula is C63H66N14O7. The third-order valence-corrected chi connectivity index (χ3v) is 15.3. The molecule has 7 heterocycles. The van der Waals surface area contributed by atoms with Gasteiger partial charge in [0, 0.05) is 88.9 Å². The van der Waals surface area contributed by atoms with Crippen LogP contribution in [0.1, 0.15) is 42.7 Å². The van der Waals surface area contributed by atoms with Gasteiger partial charge >= 0.3 is 0 Å². The minimum absolute atomic E-state index is 0.0353. The van der Waals surface area contributed by atoms with Crippen molar-refractivity contribution in [3.63, 3.8) is 0 Å². The largest absolute Gasteiger partial charge is 0.457 e. The van der Waals surface area contributed by atoms with Gasteiger partial charge in [-0.2, -0.15) is 15.6 Å². The number of aromatic nitrogens is 6. The lowest BCUT2D eigenvalue weighted by Gasteiger charge is -2.21. The quantitative estimate of drug-likeness (QED) is 0.0568. The minimum Gasteiger partial charge on any atom is -0.457 e. The number of nitrogen functional groups attached to an aromatic ring is 2. The molecule has 84 heavy (non-hydrogen) atoms. The zero-order valence-electron chi connectivity index (χ0n) is 47.2. The van der Waals surface area contributed by atoms with Crippen LogP contribution in [0.2, 0.25) is 0 Å². The number of benzene rings is 4. The smallest absolute Gasteiger partial charge is 0.246 e. The van der Waals surface area contributed by atoms with Crippen molar-refractivity contribution in [2.24, 2.45) is 0 Å². The van der Waals surface area contributed by atoms with Gasteiger partial charge in [0.15, 0.2) is 0 Å². The number of hydrogen-bond donors (Lipinski definition) is 2. The van der Waals surface area contributed by atoms with Crippen LogP contribution in [-0.2, 0) is 23.9 Å². The number of carbonyl (C=O) groups excluding carboxylic acids is 2. The third-order valence-electron chi connectivity index (χ3n) is 15.3. The van der Waals surface area contributed by atoms with E-state index in [1.54, 1.807) is 42.4 Å². The third kappa shape index (κ3) is 12.9. The van der Waals surface area contributed by atoms with Gasteiger partial charge in [0.25, 0.3) is 0 Å². The maximum atomic E-state index is 13.1. The molecule has 3 saturated heterocycles. The van der Waals surface area contributed by atoms with Crippen LogP contribution in [0.5, 0.6) is 23.0 Å². The van der Waals surface area contributed by atoms with E-state index in [9.17, 15) is 20.1 Å². The molecule has 3 aliphatic rings. The Morgan fingerprint density at radius 1 is 0.655 bits per heavy atom. The molecule has 0 bridgehead atoms. The molecule has 0 radical (unpaired) electrons. The van der Waals surface area contributed by atoms with Gasteiger partial charge in [-0.25, -0.2) is 19.9 Å². The monoisotopic (exact) mass is 1130 g/mol. The summed E-state index contributed by atoms with van der Waals surface area (Å²) in [5, 5.41) is 23.8. The molecule has 3 atom stereocenters. The summed E-state index contributed by atoms with van der Waals surface area (Å²) >= 11 is 0. The number of carbonyl (C=O) groups is 2. The van der Waals surface area contributed by atoms with Crippen LogP contribution >= 0.6 is 0 Å². The Morgan fingerprint density at radius 2 is 1.12 bits per heavy atom. The van der Waals surface area contributed by atoms with E-state index in [0.29, 0.717) is 139 Å². The van der Waals surface area contributed by atoms with Crippen LogP contribution in [0, 0.1) is 22.7 Å². The zero-order chi connectivity index (χ0) is 58.5. The first-order chi connectivity index (χ1) is 41.1. The summed E-state index contributed by atoms with van der Waals surface area (Å²) in [6.45, 7) is 5.84. The molecule has 2 amide bonds. The predicted octanol–water partition coefficient (Wildman–Crippen LogP) is 8.58. The van der Waals surface area contributed by atoms with Crippen molar-refractivity contribution in [1.29, 1.82) is 10.5 Å². The highest BCUT2D eigenvalue weighted by atomic mass is 16.7. The fourth-order valence-electron chi connectivity index (χ4n) is 11.0. The molecule has 430 valence electrons. The molecule has 4 N–H and O–H groups in total. The van der Waals surface area contributed by atoms with Crippen LogP contribution in [0.4, 0.5) is 11.6 Å². The fourth-order valence-corrected chi connectivity index (χ4v) is 11.0. The number of para-hydroxylation sites is 2. The number of ether oxygens (including phenoxy) is 4. The number of hydroxylamine groups is 2. The summed E-state index contributed by atoms with van der Waals surface area (Å²) in [5.74, 6) is 3.28. The lowest BCUT2D eigenvalue weighted by molar-refractivity contribution is -0.130. The molecule has 4 aromatic carbocycles. The van der Waals surface area contributed by atoms with Crippen molar-refractivity contribution >= 4 is 45.5 Å². The molecule has 4 aromatic heterocycles. The Labute approximate surface area is 487 Å². The van der Waals surface area contributed by atoms with Crippen molar-refractivity contribution in [1.82, 2.24) is 48.8 Å². The molecule has 3 aliphatic heterocycles. The molecule has 21 nitrogen and oxygen atoms in total. The number of nitrogens with zero attached hydrogens (tertiary/aromatic N) is 12. The Balaban J connectivity index is 0.000000187. The van der Waals surface area contributed by atoms with Gasteiger partial charge in [-0.1, -0.05) is 72.8 Å². The molecule has 8 aromatic rings. The number of likely N-dealkylation sites (tertiary alicyclic amines) is 2. The maximum absolute atomic E-state index is 13.1. The Hall–Kier alpha value is -9.48. The number of amides is 2. The number of fused-ring (bicyclic) bond motifs is 2. The first-order valence-corrected chi connectivity index (χ1v) is 27.8. The Kier molecular flexibility index (Phi) is 18.6. The fraction of sp³-hybridized carbons (Fsp3) is 0.302. The average molecular weight is 1130 g/mol. The molecule has 0 spiro atoms. The summed E-state index contributed by atoms with van der Waals surface area (Å²) < 4.78 is 26.3. The van der Waals surface area contributed by atoms with Gasteiger partial charge in [-0.05, 0) is 86.0 Å².